The van der Waals surface area contributed by atoms with Crippen LogP contribution in [0.4, 0.5) is 0 Å². The Morgan fingerprint density at radius 1 is 1.41 bits per heavy atom. The minimum Gasteiger partial charge on any atom is -0.480 e. The van der Waals surface area contributed by atoms with Crippen molar-refractivity contribution in [2.75, 3.05) is 12.0 Å². The minimum absolute atomic E-state index is 0.352. The van der Waals surface area contributed by atoms with Gasteiger partial charge in [0.15, 0.2) is 0 Å². The molecule has 0 spiro atoms. The number of hydrogen-bond donors (Lipinski definition) is 1. The van der Waals surface area contributed by atoms with E-state index in [0.717, 1.165) is 18.8 Å². The van der Waals surface area contributed by atoms with Crippen LogP contribution in [0.2, 0.25) is 0 Å². The fraction of sp³-hybridized carbons (Fsp3) is 0.462. The van der Waals surface area contributed by atoms with E-state index in [9.17, 15) is 9.90 Å². The van der Waals surface area contributed by atoms with Crippen LogP contribution in [0, 0.1) is 0 Å². The van der Waals surface area contributed by atoms with Crippen LogP contribution in [-0.4, -0.2) is 34.0 Å². The van der Waals surface area contributed by atoms with E-state index in [1.165, 1.54) is 11.1 Å². The molecule has 92 valence electrons. The zero-order valence-electron chi connectivity index (χ0n) is 9.93. The lowest BCUT2D eigenvalue weighted by Gasteiger charge is -2.23. The van der Waals surface area contributed by atoms with Gasteiger partial charge in [0.25, 0.3) is 0 Å². The molecule has 0 aliphatic carbocycles. The van der Waals surface area contributed by atoms with Gasteiger partial charge in [0.2, 0.25) is 0 Å². The molecule has 1 atom stereocenters. The zero-order valence-corrected chi connectivity index (χ0v) is 10.7. The molecular weight excluding hydrogens is 234 g/mol. The molecule has 17 heavy (non-hydrogen) atoms. The SMILES string of the molecule is CSCC[C@@H](C(=O)O)N1Cc2ccccc2C1. The number of fused-ring (bicyclic) bond motifs is 1. The predicted molar refractivity (Wildman–Crippen MR) is 70.1 cm³/mol. The summed E-state index contributed by atoms with van der Waals surface area (Å²) in [5.41, 5.74) is 2.53. The highest BCUT2D eigenvalue weighted by Gasteiger charge is 2.29. The fourth-order valence-electron chi connectivity index (χ4n) is 2.27. The van der Waals surface area contributed by atoms with Crippen LogP contribution in [0.3, 0.4) is 0 Å². The summed E-state index contributed by atoms with van der Waals surface area (Å²) in [4.78, 5) is 13.4. The van der Waals surface area contributed by atoms with Gasteiger partial charge in [0.1, 0.15) is 6.04 Å². The maximum Gasteiger partial charge on any atom is 0.320 e. The average Bonchev–Trinajstić information content (AvgIpc) is 2.72. The molecule has 1 aliphatic heterocycles. The summed E-state index contributed by atoms with van der Waals surface area (Å²) >= 11 is 1.70. The molecule has 0 amide bonds. The second kappa shape index (κ2) is 5.56. The molecule has 0 saturated heterocycles. The third-order valence-corrected chi connectivity index (χ3v) is 3.83. The van der Waals surface area contributed by atoms with Gasteiger partial charge in [0.05, 0.1) is 0 Å². The molecule has 1 heterocycles. The minimum atomic E-state index is -0.702. The molecule has 4 heteroatoms. The lowest BCUT2D eigenvalue weighted by molar-refractivity contribution is -0.143. The number of aliphatic carboxylic acids is 1. The Balaban J connectivity index is 2.06. The number of benzene rings is 1. The number of carboxylic acids is 1. The van der Waals surface area contributed by atoms with Crippen LogP contribution in [0.1, 0.15) is 17.5 Å². The smallest absolute Gasteiger partial charge is 0.320 e. The highest BCUT2D eigenvalue weighted by molar-refractivity contribution is 7.98. The molecule has 0 radical (unpaired) electrons. The molecule has 0 saturated carbocycles. The third-order valence-electron chi connectivity index (χ3n) is 3.19. The Kier molecular flexibility index (Phi) is 4.07. The Morgan fingerprint density at radius 2 is 2.00 bits per heavy atom. The molecule has 0 aromatic heterocycles. The highest BCUT2D eigenvalue weighted by Crippen LogP contribution is 2.25. The Labute approximate surface area is 106 Å². The van der Waals surface area contributed by atoms with E-state index in [4.69, 9.17) is 0 Å². The van der Waals surface area contributed by atoms with Crippen molar-refractivity contribution in [2.45, 2.75) is 25.6 Å². The number of rotatable bonds is 5. The van der Waals surface area contributed by atoms with E-state index in [1.807, 2.05) is 18.4 Å². The van der Waals surface area contributed by atoms with E-state index in [2.05, 4.69) is 17.0 Å². The van der Waals surface area contributed by atoms with E-state index in [0.29, 0.717) is 6.42 Å². The van der Waals surface area contributed by atoms with Crippen molar-refractivity contribution < 1.29 is 9.90 Å². The molecule has 0 fully saturated rings. The molecule has 1 aromatic rings. The Bertz CT molecular complexity index is 383. The molecule has 1 aromatic carbocycles. The predicted octanol–water partition coefficient (Wildman–Crippen LogP) is 2.21. The molecule has 1 N–H and O–H groups in total. The van der Waals surface area contributed by atoms with Crippen LogP contribution < -0.4 is 0 Å². The van der Waals surface area contributed by atoms with Gasteiger partial charge in [-0.15, -0.1) is 0 Å². The van der Waals surface area contributed by atoms with Crippen LogP contribution in [0.5, 0.6) is 0 Å². The summed E-state index contributed by atoms with van der Waals surface area (Å²) in [5, 5.41) is 9.29. The summed E-state index contributed by atoms with van der Waals surface area (Å²) in [6.45, 7) is 1.53. The normalized spacial score (nSPS) is 16.8. The molecule has 1 aliphatic rings. The van der Waals surface area contributed by atoms with Gasteiger partial charge in [-0.1, -0.05) is 24.3 Å². The van der Waals surface area contributed by atoms with Gasteiger partial charge < -0.3 is 5.11 Å². The summed E-state index contributed by atoms with van der Waals surface area (Å²) in [6.07, 6.45) is 2.72. The Morgan fingerprint density at radius 3 is 2.47 bits per heavy atom. The van der Waals surface area contributed by atoms with Crippen molar-refractivity contribution in [3.8, 4) is 0 Å². The molecular formula is C13H17NO2S. The number of carbonyl (C=O) groups is 1. The standard InChI is InChI=1S/C13H17NO2S/c1-17-7-6-12(13(15)16)14-8-10-4-2-3-5-11(10)9-14/h2-5,12H,6-9H2,1H3,(H,15,16)/t12-/m0/s1. The average molecular weight is 251 g/mol. The summed E-state index contributed by atoms with van der Waals surface area (Å²) in [6, 6.07) is 7.85. The molecule has 2 rings (SSSR count). The maximum atomic E-state index is 11.3. The van der Waals surface area contributed by atoms with Crippen molar-refractivity contribution in [3.05, 3.63) is 35.4 Å². The van der Waals surface area contributed by atoms with Gasteiger partial charge >= 0.3 is 5.97 Å². The summed E-state index contributed by atoms with van der Waals surface area (Å²) < 4.78 is 0. The summed E-state index contributed by atoms with van der Waals surface area (Å²) in [5.74, 6) is 0.191. The topological polar surface area (TPSA) is 40.5 Å². The van der Waals surface area contributed by atoms with Gasteiger partial charge in [-0.05, 0) is 29.6 Å². The molecule has 0 unspecified atom stereocenters. The maximum absolute atomic E-state index is 11.3. The van der Waals surface area contributed by atoms with Crippen molar-refractivity contribution >= 4 is 17.7 Å². The Hall–Kier alpha value is -1.00. The number of hydrogen-bond acceptors (Lipinski definition) is 3. The zero-order chi connectivity index (χ0) is 12.3. The quantitative estimate of drug-likeness (QED) is 0.871. The van der Waals surface area contributed by atoms with Gasteiger partial charge in [-0.3, -0.25) is 9.69 Å². The monoisotopic (exact) mass is 251 g/mol. The molecule has 3 nitrogen and oxygen atoms in total. The number of nitrogens with zero attached hydrogens (tertiary/aromatic N) is 1. The van der Waals surface area contributed by atoms with E-state index in [-0.39, 0.29) is 6.04 Å². The number of carboxylic acid groups (broad SMARTS) is 1. The van der Waals surface area contributed by atoms with E-state index in [1.54, 1.807) is 11.8 Å². The first-order valence-electron chi connectivity index (χ1n) is 5.75. The van der Waals surface area contributed by atoms with Gasteiger partial charge in [0, 0.05) is 13.1 Å². The second-order valence-corrected chi connectivity index (χ2v) is 5.29. The third kappa shape index (κ3) is 2.82. The van der Waals surface area contributed by atoms with Crippen LogP contribution in [0.25, 0.3) is 0 Å². The second-order valence-electron chi connectivity index (χ2n) is 4.31. The van der Waals surface area contributed by atoms with Crippen molar-refractivity contribution in [1.82, 2.24) is 4.90 Å². The fourth-order valence-corrected chi connectivity index (χ4v) is 2.73. The lowest BCUT2D eigenvalue weighted by atomic mass is 10.1. The van der Waals surface area contributed by atoms with E-state index >= 15 is 0 Å². The molecule has 0 bridgehead atoms. The van der Waals surface area contributed by atoms with Crippen molar-refractivity contribution in [3.63, 3.8) is 0 Å². The number of thioether (sulfide) groups is 1. The van der Waals surface area contributed by atoms with Crippen LogP contribution >= 0.6 is 11.8 Å². The van der Waals surface area contributed by atoms with Crippen molar-refractivity contribution in [2.24, 2.45) is 0 Å². The summed E-state index contributed by atoms with van der Waals surface area (Å²) in [7, 11) is 0. The van der Waals surface area contributed by atoms with E-state index < -0.39 is 5.97 Å². The highest BCUT2D eigenvalue weighted by atomic mass is 32.2. The largest absolute Gasteiger partial charge is 0.480 e. The van der Waals surface area contributed by atoms with Crippen LogP contribution in [0.15, 0.2) is 24.3 Å². The lowest BCUT2D eigenvalue weighted by Crippen LogP contribution is -2.38. The van der Waals surface area contributed by atoms with Crippen molar-refractivity contribution in [1.29, 1.82) is 0 Å². The van der Waals surface area contributed by atoms with Gasteiger partial charge in [-0.2, -0.15) is 11.8 Å². The van der Waals surface area contributed by atoms with Gasteiger partial charge in [-0.25, -0.2) is 0 Å². The van der Waals surface area contributed by atoms with Crippen LogP contribution in [-0.2, 0) is 17.9 Å². The first-order valence-corrected chi connectivity index (χ1v) is 7.14. The first kappa shape index (κ1) is 12.5. The first-order chi connectivity index (χ1) is 8.22.